The maximum atomic E-state index is 11.8. The fraction of sp³-hybridized carbons (Fsp3) is 0.148. The van der Waals surface area contributed by atoms with E-state index in [1.165, 1.54) is 6.92 Å². The molecular formula is C27H23BrN4O3S. The number of pyridine rings is 1. The second-order valence-electron chi connectivity index (χ2n) is 8.27. The van der Waals surface area contributed by atoms with Gasteiger partial charge in [-0.1, -0.05) is 34.1 Å². The van der Waals surface area contributed by atoms with Crippen LogP contribution in [0.1, 0.15) is 30.5 Å². The topological polar surface area (TPSA) is 79.6 Å². The van der Waals surface area contributed by atoms with E-state index in [0.29, 0.717) is 16.5 Å². The molecule has 1 aliphatic heterocycles. The number of nitrogens with one attached hydrogen (secondary N) is 2. The molecule has 5 rings (SSSR count). The minimum absolute atomic E-state index is 0.194. The van der Waals surface area contributed by atoms with Gasteiger partial charge in [-0.3, -0.25) is 9.78 Å². The molecule has 1 fully saturated rings. The van der Waals surface area contributed by atoms with Crippen LogP contribution in [-0.2, 0) is 4.79 Å². The quantitative estimate of drug-likeness (QED) is 0.269. The molecule has 2 aromatic carbocycles. The number of halogens is 1. The Bertz CT molecular complexity index is 1410. The maximum Gasteiger partial charge on any atom is 0.221 e. The Morgan fingerprint density at radius 2 is 1.94 bits per heavy atom. The first kappa shape index (κ1) is 24.0. The molecule has 7 nitrogen and oxygen atoms in total. The molecule has 2 N–H and O–H groups in total. The van der Waals surface area contributed by atoms with Crippen molar-refractivity contribution in [1.29, 1.82) is 0 Å². The van der Waals surface area contributed by atoms with E-state index in [0.717, 1.165) is 32.9 Å². The van der Waals surface area contributed by atoms with Gasteiger partial charge in [0, 0.05) is 28.8 Å². The van der Waals surface area contributed by atoms with Gasteiger partial charge in [0.25, 0.3) is 0 Å². The molecule has 0 spiro atoms. The number of rotatable bonds is 6. The van der Waals surface area contributed by atoms with E-state index in [1.54, 1.807) is 13.3 Å². The summed E-state index contributed by atoms with van der Waals surface area (Å²) in [6.45, 7) is 1.46. The van der Waals surface area contributed by atoms with Crippen LogP contribution < -0.4 is 20.3 Å². The molecule has 0 unspecified atom stereocenters. The van der Waals surface area contributed by atoms with E-state index in [9.17, 15) is 4.79 Å². The Balaban J connectivity index is 1.60. The van der Waals surface area contributed by atoms with Gasteiger partial charge in [-0.2, -0.15) is 0 Å². The van der Waals surface area contributed by atoms with Gasteiger partial charge < -0.3 is 24.7 Å². The molecule has 1 aliphatic rings. The molecule has 0 aliphatic carbocycles. The Labute approximate surface area is 222 Å². The third-order valence-electron chi connectivity index (χ3n) is 5.92. The Morgan fingerprint density at radius 3 is 2.64 bits per heavy atom. The van der Waals surface area contributed by atoms with Crippen molar-refractivity contribution in [2.24, 2.45) is 0 Å². The molecule has 36 heavy (non-hydrogen) atoms. The summed E-state index contributed by atoms with van der Waals surface area (Å²) in [5, 5.41) is 6.78. The molecule has 1 saturated heterocycles. The van der Waals surface area contributed by atoms with E-state index in [-0.39, 0.29) is 18.0 Å². The first-order chi connectivity index (χ1) is 17.4. The third kappa shape index (κ3) is 4.72. The van der Waals surface area contributed by atoms with E-state index >= 15 is 0 Å². The van der Waals surface area contributed by atoms with Gasteiger partial charge in [0.15, 0.2) is 5.11 Å². The number of carbonyl (C=O) groups is 1. The van der Waals surface area contributed by atoms with Crippen LogP contribution >= 0.6 is 28.1 Å². The molecule has 4 aromatic rings. The number of carbonyl (C=O) groups excluding carboxylic acids is 1. The number of hydrogen-bond acceptors (Lipinski definition) is 5. The standard InChI is InChI=1S/C27H23BrN4O3S/c1-16(33)30-21-15-19(10-11-23(21)34-2)32-26(25(31-27(32)36)20-5-3-4-14-29-20)24-13-12-22(35-24)17-6-8-18(28)9-7-17/h3-15,25-26H,1-2H3,(H,30,33)(H,31,36)/t25-,26+/m1/s1. The monoisotopic (exact) mass is 562 g/mol. The number of hydrogen-bond donors (Lipinski definition) is 2. The number of ether oxygens (including phenoxy) is 1. The van der Waals surface area contributed by atoms with Crippen LogP contribution in [0.25, 0.3) is 11.3 Å². The zero-order valence-corrected chi connectivity index (χ0v) is 22.0. The summed E-state index contributed by atoms with van der Waals surface area (Å²) < 4.78 is 12.8. The van der Waals surface area contributed by atoms with Gasteiger partial charge >= 0.3 is 0 Å². The van der Waals surface area contributed by atoms with Crippen molar-refractivity contribution in [3.8, 4) is 17.1 Å². The number of anilines is 2. The second-order valence-corrected chi connectivity index (χ2v) is 9.57. The van der Waals surface area contributed by atoms with Crippen LogP contribution in [0.3, 0.4) is 0 Å². The van der Waals surface area contributed by atoms with Gasteiger partial charge in [-0.05, 0) is 66.8 Å². The highest BCUT2D eigenvalue weighted by atomic mass is 79.9. The highest BCUT2D eigenvalue weighted by molar-refractivity contribution is 9.10. The maximum absolute atomic E-state index is 11.8. The smallest absolute Gasteiger partial charge is 0.221 e. The predicted octanol–water partition coefficient (Wildman–Crippen LogP) is 6.25. The third-order valence-corrected chi connectivity index (χ3v) is 6.76. The number of aromatic nitrogens is 1. The normalized spacial score (nSPS) is 17.1. The number of benzene rings is 2. The van der Waals surface area contributed by atoms with Gasteiger partial charge in [-0.25, -0.2) is 0 Å². The number of nitrogens with zero attached hydrogens (tertiary/aromatic N) is 2. The van der Waals surface area contributed by atoms with Gasteiger partial charge in [-0.15, -0.1) is 0 Å². The Morgan fingerprint density at radius 1 is 1.14 bits per heavy atom. The molecule has 3 heterocycles. The van der Waals surface area contributed by atoms with E-state index < -0.39 is 0 Å². The van der Waals surface area contributed by atoms with Crippen LogP contribution in [-0.4, -0.2) is 23.1 Å². The molecular weight excluding hydrogens is 540 g/mol. The number of amides is 1. The largest absolute Gasteiger partial charge is 0.495 e. The summed E-state index contributed by atoms with van der Waals surface area (Å²) in [6.07, 6.45) is 1.76. The summed E-state index contributed by atoms with van der Waals surface area (Å²) in [7, 11) is 1.56. The SMILES string of the molecule is COc1ccc(N2C(=S)N[C@H](c3ccccn3)[C@@H]2c2ccc(-c3ccc(Br)cc3)o2)cc1NC(C)=O. The summed E-state index contributed by atoms with van der Waals surface area (Å²) in [6, 6.07) is 22.7. The summed E-state index contributed by atoms with van der Waals surface area (Å²) in [5.41, 5.74) is 3.14. The number of furan rings is 1. The van der Waals surface area contributed by atoms with Crippen molar-refractivity contribution in [3.05, 3.63) is 94.9 Å². The van der Waals surface area contributed by atoms with Crippen LogP contribution in [0.2, 0.25) is 0 Å². The van der Waals surface area contributed by atoms with E-state index in [1.807, 2.05) is 77.7 Å². The lowest BCUT2D eigenvalue weighted by atomic mass is 10.0. The highest BCUT2D eigenvalue weighted by Gasteiger charge is 2.42. The van der Waals surface area contributed by atoms with Gasteiger partial charge in [0.05, 0.1) is 24.5 Å². The van der Waals surface area contributed by atoms with Crippen LogP contribution in [0, 0.1) is 0 Å². The lowest BCUT2D eigenvalue weighted by Crippen LogP contribution is -2.29. The lowest BCUT2D eigenvalue weighted by Gasteiger charge is -2.27. The van der Waals surface area contributed by atoms with Crippen molar-refractivity contribution >= 4 is 50.5 Å². The zero-order chi connectivity index (χ0) is 25.2. The Hall–Kier alpha value is -3.69. The Kier molecular flexibility index (Phi) is 6.75. The average Bonchev–Trinajstić information content (AvgIpc) is 3.49. The molecule has 2 atom stereocenters. The predicted molar refractivity (Wildman–Crippen MR) is 147 cm³/mol. The first-order valence-electron chi connectivity index (χ1n) is 11.3. The van der Waals surface area contributed by atoms with Crippen LogP contribution in [0.5, 0.6) is 5.75 Å². The van der Waals surface area contributed by atoms with Gasteiger partial charge in [0.2, 0.25) is 5.91 Å². The van der Waals surface area contributed by atoms with Crippen molar-refractivity contribution in [2.45, 2.75) is 19.0 Å². The van der Waals surface area contributed by atoms with Crippen molar-refractivity contribution in [2.75, 3.05) is 17.3 Å². The van der Waals surface area contributed by atoms with E-state index in [2.05, 4.69) is 31.5 Å². The second kappa shape index (κ2) is 10.1. The number of thiocarbonyl (C=S) groups is 1. The molecule has 0 saturated carbocycles. The average molecular weight is 563 g/mol. The molecule has 1 amide bonds. The lowest BCUT2D eigenvalue weighted by molar-refractivity contribution is -0.114. The first-order valence-corrected chi connectivity index (χ1v) is 12.5. The molecule has 0 radical (unpaired) electrons. The minimum Gasteiger partial charge on any atom is -0.495 e. The fourth-order valence-corrected chi connectivity index (χ4v) is 4.95. The van der Waals surface area contributed by atoms with Crippen molar-refractivity contribution in [3.63, 3.8) is 0 Å². The van der Waals surface area contributed by atoms with E-state index in [4.69, 9.17) is 21.4 Å². The molecule has 2 aromatic heterocycles. The molecule has 9 heteroatoms. The highest BCUT2D eigenvalue weighted by Crippen LogP contribution is 2.44. The number of methoxy groups -OCH3 is 1. The molecule has 0 bridgehead atoms. The van der Waals surface area contributed by atoms with Gasteiger partial charge in [0.1, 0.15) is 23.3 Å². The van der Waals surface area contributed by atoms with Crippen molar-refractivity contribution in [1.82, 2.24) is 10.3 Å². The zero-order valence-electron chi connectivity index (χ0n) is 19.6. The minimum atomic E-state index is -0.324. The fourth-order valence-electron chi connectivity index (χ4n) is 4.34. The van der Waals surface area contributed by atoms with Crippen LogP contribution in [0.15, 0.2) is 87.9 Å². The van der Waals surface area contributed by atoms with Crippen molar-refractivity contribution < 1.29 is 13.9 Å². The summed E-state index contributed by atoms with van der Waals surface area (Å²) in [5.74, 6) is 1.84. The summed E-state index contributed by atoms with van der Waals surface area (Å²) >= 11 is 9.29. The molecule has 182 valence electrons. The summed E-state index contributed by atoms with van der Waals surface area (Å²) in [4.78, 5) is 18.4. The van der Waals surface area contributed by atoms with Crippen LogP contribution in [0.4, 0.5) is 11.4 Å².